The minimum absolute atomic E-state index is 0.165. The average molecular weight is 191 g/mol. The number of nitrogens with one attached hydrogen (secondary N) is 1. The van der Waals surface area contributed by atoms with Gasteiger partial charge in [0.15, 0.2) is 0 Å². The Kier molecular flexibility index (Phi) is 2.13. The Morgan fingerprint density at radius 3 is 3.00 bits per heavy atom. The van der Waals surface area contributed by atoms with E-state index in [0.29, 0.717) is 12.1 Å². The van der Waals surface area contributed by atoms with Crippen LogP contribution < -0.4 is 16.8 Å². The van der Waals surface area contributed by atoms with Crippen LogP contribution in [0.25, 0.3) is 0 Å². The molecule has 0 spiro atoms. The third kappa shape index (κ3) is 1.33. The van der Waals surface area contributed by atoms with Crippen LogP contribution in [0, 0.1) is 0 Å². The lowest BCUT2D eigenvalue weighted by Crippen LogP contribution is -2.46. The van der Waals surface area contributed by atoms with Crippen LogP contribution in [-0.2, 0) is 11.2 Å². The SMILES string of the molecule is Nc1cccc2c1NC(C=O)C(N)C2. The zero-order chi connectivity index (χ0) is 10.1. The highest BCUT2D eigenvalue weighted by molar-refractivity contribution is 5.77. The summed E-state index contributed by atoms with van der Waals surface area (Å²) in [5, 5.41) is 3.05. The van der Waals surface area contributed by atoms with Crippen molar-refractivity contribution in [1.82, 2.24) is 0 Å². The Balaban J connectivity index is 2.40. The lowest BCUT2D eigenvalue weighted by Gasteiger charge is -2.29. The predicted molar refractivity (Wildman–Crippen MR) is 56.0 cm³/mol. The molecule has 1 heterocycles. The molecule has 0 bridgehead atoms. The molecule has 5 N–H and O–H groups in total. The number of para-hydroxylation sites is 1. The topological polar surface area (TPSA) is 81.1 Å². The number of fused-ring (bicyclic) bond motifs is 1. The van der Waals surface area contributed by atoms with Crippen molar-refractivity contribution in [1.29, 1.82) is 0 Å². The van der Waals surface area contributed by atoms with Gasteiger partial charge in [0.25, 0.3) is 0 Å². The van der Waals surface area contributed by atoms with Gasteiger partial charge in [-0.15, -0.1) is 0 Å². The molecule has 0 saturated heterocycles. The van der Waals surface area contributed by atoms with Gasteiger partial charge in [-0.25, -0.2) is 0 Å². The highest BCUT2D eigenvalue weighted by Gasteiger charge is 2.25. The Morgan fingerprint density at radius 2 is 2.29 bits per heavy atom. The van der Waals surface area contributed by atoms with Crippen LogP contribution in [0.1, 0.15) is 5.56 Å². The largest absolute Gasteiger partial charge is 0.397 e. The Morgan fingerprint density at radius 1 is 1.50 bits per heavy atom. The number of hydrogen-bond donors (Lipinski definition) is 3. The van der Waals surface area contributed by atoms with Gasteiger partial charge in [-0.3, -0.25) is 0 Å². The van der Waals surface area contributed by atoms with E-state index in [2.05, 4.69) is 5.32 Å². The van der Waals surface area contributed by atoms with Crippen molar-refractivity contribution in [2.45, 2.75) is 18.5 Å². The zero-order valence-corrected chi connectivity index (χ0v) is 7.73. The maximum atomic E-state index is 10.7. The number of nitrogen functional groups attached to an aromatic ring is 1. The van der Waals surface area contributed by atoms with Gasteiger partial charge in [-0.2, -0.15) is 0 Å². The van der Waals surface area contributed by atoms with Crippen molar-refractivity contribution < 1.29 is 4.79 Å². The second-order valence-corrected chi connectivity index (χ2v) is 3.56. The quantitative estimate of drug-likeness (QED) is 0.435. The number of anilines is 2. The van der Waals surface area contributed by atoms with Crippen LogP contribution in [-0.4, -0.2) is 18.4 Å². The third-order valence-electron chi connectivity index (χ3n) is 2.56. The van der Waals surface area contributed by atoms with Crippen LogP contribution in [0.2, 0.25) is 0 Å². The van der Waals surface area contributed by atoms with Gasteiger partial charge in [0, 0.05) is 6.04 Å². The van der Waals surface area contributed by atoms with Crippen LogP contribution in [0.5, 0.6) is 0 Å². The Labute approximate surface area is 82.3 Å². The molecule has 0 radical (unpaired) electrons. The van der Waals surface area contributed by atoms with Crippen LogP contribution >= 0.6 is 0 Å². The van der Waals surface area contributed by atoms with E-state index in [-0.39, 0.29) is 12.1 Å². The normalized spacial score (nSPS) is 24.9. The van der Waals surface area contributed by atoms with Crippen LogP contribution in [0.3, 0.4) is 0 Å². The molecular formula is C10H13N3O. The fraction of sp³-hybridized carbons (Fsp3) is 0.300. The van der Waals surface area contributed by atoms with Gasteiger partial charge in [-0.05, 0) is 18.1 Å². The molecule has 2 atom stereocenters. The summed E-state index contributed by atoms with van der Waals surface area (Å²) < 4.78 is 0. The molecule has 0 fully saturated rings. The standard InChI is InChI=1S/C10H13N3O/c11-7-3-1-2-6-4-8(12)9(5-14)13-10(6)7/h1-3,5,8-9,13H,4,11-12H2. The number of aldehydes is 1. The minimum Gasteiger partial charge on any atom is -0.397 e. The molecule has 0 aromatic heterocycles. The Hall–Kier alpha value is -1.55. The number of benzene rings is 1. The molecule has 1 aromatic carbocycles. The van der Waals surface area contributed by atoms with E-state index in [9.17, 15) is 4.79 Å². The molecule has 2 rings (SSSR count). The highest BCUT2D eigenvalue weighted by Crippen LogP contribution is 2.29. The summed E-state index contributed by atoms with van der Waals surface area (Å²) in [6.07, 6.45) is 1.52. The first-order valence-corrected chi connectivity index (χ1v) is 4.57. The van der Waals surface area contributed by atoms with E-state index >= 15 is 0 Å². The summed E-state index contributed by atoms with van der Waals surface area (Å²) in [7, 11) is 0. The molecule has 74 valence electrons. The molecule has 0 saturated carbocycles. The molecule has 4 nitrogen and oxygen atoms in total. The second-order valence-electron chi connectivity index (χ2n) is 3.56. The number of hydrogen-bond acceptors (Lipinski definition) is 4. The molecule has 1 aromatic rings. The first-order chi connectivity index (χ1) is 6.72. The highest BCUT2D eigenvalue weighted by atomic mass is 16.1. The first kappa shape index (κ1) is 9.02. The number of carbonyl (C=O) groups is 1. The second kappa shape index (κ2) is 3.31. The summed E-state index contributed by atoms with van der Waals surface area (Å²) in [6, 6.07) is 5.18. The van der Waals surface area contributed by atoms with Gasteiger partial charge < -0.3 is 21.6 Å². The van der Waals surface area contributed by atoms with Gasteiger partial charge in [-0.1, -0.05) is 12.1 Å². The van der Waals surface area contributed by atoms with E-state index in [1.165, 1.54) is 0 Å². The summed E-state index contributed by atoms with van der Waals surface area (Å²) >= 11 is 0. The molecular weight excluding hydrogens is 178 g/mol. The fourth-order valence-electron chi connectivity index (χ4n) is 1.76. The fourth-order valence-corrected chi connectivity index (χ4v) is 1.76. The van der Waals surface area contributed by atoms with Crippen LogP contribution in [0.4, 0.5) is 11.4 Å². The minimum atomic E-state index is -0.327. The molecule has 0 amide bonds. The number of rotatable bonds is 1. The molecule has 4 heteroatoms. The molecule has 0 aliphatic carbocycles. The van der Waals surface area contributed by atoms with Gasteiger partial charge >= 0.3 is 0 Å². The van der Waals surface area contributed by atoms with Gasteiger partial charge in [0.05, 0.1) is 17.4 Å². The monoisotopic (exact) mass is 191 g/mol. The van der Waals surface area contributed by atoms with E-state index in [4.69, 9.17) is 11.5 Å². The first-order valence-electron chi connectivity index (χ1n) is 4.57. The van der Waals surface area contributed by atoms with Crippen molar-refractivity contribution in [3.05, 3.63) is 23.8 Å². The summed E-state index contributed by atoms with van der Waals surface area (Å²) in [5.74, 6) is 0. The Bertz CT molecular complexity index is 364. The smallest absolute Gasteiger partial charge is 0.143 e. The maximum absolute atomic E-state index is 10.7. The predicted octanol–water partition coefficient (Wildman–Crippen LogP) is 0.132. The van der Waals surface area contributed by atoms with Crippen LogP contribution in [0.15, 0.2) is 18.2 Å². The van der Waals surface area contributed by atoms with Gasteiger partial charge in [0.1, 0.15) is 6.29 Å². The van der Waals surface area contributed by atoms with Crippen molar-refractivity contribution in [3.63, 3.8) is 0 Å². The summed E-state index contributed by atoms with van der Waals surface area (Å²) in [5.41, 5.74) is 14.2. The van der Waals surface area contributed by atoms with Gasteiger partial charge in [0.2, 0.25) is 0 Å². The van der Waals surface area contributed by atoms with Crippen molar-refractivity contribution >= 4 is 17.7 Å². The maximum Gasteiger partial charge on any atom is 0.143 e. The van der Waals surface area contributed by atoms with Crippen molar-refractivity contribution in [2.75, 3.05) is 11.1 Å². The summed E-state index contributed by atoms with van der Waals surface area (Å²) in [6.45, 7) is 0. The average Bonchev–Trinajstić information content (AvgIpc) is 2.17. The van der Waals surface area contributed by atoms with Crippen molar-refractivity contribution in [3.8, 4) is 0 Å². The van der Waals surface area contributed by atoms with Crippen molar-refractivity contribution in [2.24, 2.45) is 5.73 Å². The lowest BCUT2D eigenvalue weighted by molar-refractivity contribution is -0.108. The lowest BCUT2D eigenvalue weighted by atomic mass is 9.94. The third-order valence-corrected chi connectivity index (χ3v) is 2.56. The van der Waals surface area contributed by atoms with E-state index in [0.717, 1.165) is 17.5 Å². The van der Waals surface area contributed by atoms with E-state index in [1.807, 2.05) is 18.2 Å². The molecule has 2 unspecified atom stereocenters. The molecule has 14 heavy (non-hydrogen) atoms. The number of carbonyl (C=O) groups excluding carboxylic acids is 1. The molecule has 1 aliphatic rings. The van der Waals surface area contributed by atoms with E-state index in [1.54, 1.807) is 0 Å². The van der Waals surface area contributed by atoms with E-state index < -0.39 is 0 Å². The molecule has 1 aliphatic heterocycles. The number of nitrogens with two attached hydrogens (primary N) is 2. The zero-order valence-electron chi connectivity index (χ0n) is 7.73. The summed E-state index contributed by atoms with van der Waals surface area (Å²) in [4.78, 5) is 10.7.